The van der Waals surface area contributed by atoms with Crippen LogP contribution in [-0.2, 0) is 14.8 Å². The Morgan fingerprint density at radius 3 is 2.22 bits per heavy atom. The minimum Gasteiger partial charge on any atom is -0.355 e. The van der Waals surface area contributed by atoms with Crippen LogP contribution < -0.4 is 9.62 Å². The Kier molecular flexibility index (Phi) is 7.60. The average molecular weight is 382 g/mol. The molecule has 130 valence electrons. The van der Waals surface area contributed by atoms with Gasteiger partial charge >= 0.3 is 0 Å². The van der Waals surface area contributed by atoms with E-state index < -0.39 is 10.0 Å². The van der Waals surface area contributed by atoms with Gasteiger partial charge in [0, 0.05) is 26.1 Å². The molecule has 1 aromatic rings. The summed E-state index contributed by atoms with van der Waals surface area (Å²) in [5, 5.41) is 3.17. The maximum absolute atomic E-state index is 12.0. The smallest absolute Gasteiger partial charge is 0.232 e. The number of sulfonamides is 1. The normalized spacial score (nSPS) is 11.6. The third-order valence-electron chi connectivity index (χ3n) is 3.01. The summed E-state index contributed by atoms with van der Waals surface area (Å²) in [5.41, 5.74) is 0.194. The van der Waals surface area contributed by atoms with Crippen LogP contribution in [0.3, 0.4) is 0 Å². The summed E-state index contributed by atoms with van der Waals surface area (Å²) in [4.78, 5) is 13.8. The van der Waals surface area contributed by atoms with Crippen LogP contribution in [0.5, 0.6) is 0 Å². The van der Waals surface area contributed by atoms with Crippen molar-refractivity contribution in [1.82, 2.24) is 10.2 Å². The molecule has 0 aliphatic rings. The van der Waals surface area contributed by atoms with E-state index in [1.165, 1.54) is 0 Å². The molecule has 1 aromatic carbocycles. The highest BCUT2D eigenvalue weighted by atomic mass is 35.5. The van der Waals surface area contributed by atoms with E-state index >= 15 is 0 Å². The molecule has 0 radical (unpaired) electrons. The number of rotatable bonds is 8. The summed E-state index contributed by atoms with van der Waals surface area (Å²) < 4.78 is 25.1. The van der Waals surface area contributed by atoms with Crippen molar-refractivity contribution in [2.45, 2.75) is 6.42 Å². The van der Waals surface area contributed by atoms with Crippen molar-refractivity contribution in [2.75, 3.05) is 44.3 Å². The van der Waals surface area contributed by atoms with E-state index in [0.29, 0.717) is 13.1 Å². The number of hydrogen-bond acceptors (Lipinski definition) is 4. The van der Waals surface area contributed by atoms with E-state index in [4.69, 9.17) is 23.2 Å². The largest absolute Gasteiger partial charge is 0.355 e. The Morgan fingerprint density at radius 1 is 1.17 bits per heavy atom. The zero-order chi connectivity index (χ0) is 17.6. The summed E-state index contributed by atoms with van der Waals surface area (Å²) >= 11 is 12.1. The van der Waals surface area contributed by atoms with Crippen molar-refractivity contribution in [3.05, 3.63) is 28.2 Å². The summed E-state index contributed by atoms with van der Waals surface area (Å²) in [5.74, 6) is -0.233. The van der Waals surface area contributed by atoms with Crippen LogP contribution in [-0.4, -0.2) is 59.2 Å². The second-order valence-electron chi connectivity index (χ2n) is 5.31. The molecule has 0 aromatic heterocycles. The molecule has 0 unspecified atom stereocenters. The fourth-order valence-corrected chi connectivity index (χ4v) is 3.53. The first-order valence-electron chi connectivity index (χ1n) is 6.96. The second-order valence-corrected chi connectivity index (χ2v) is 8.03. The lowest BCUT2D eigenvalue weighted by atomic mass is 10.3. The van der Waals surface area contributed by atoms with E-state index in [9.17, 15) is 13.2 Å². The number of benzene rings is 1. The summed E-state index contributed by atoms with van der Waals surface area (Å²) in [6.07, 6.45) is 1.07. The molecule has 1 amide bonds. The maximum Gasteiger partial charge on any atom is 0.232 e. The van der Waals surface area contributed by atoms with Gasteiger partial charge in [0.15, 0.2) is 0 Å². The first-order valence-corrected chi connectivity index (χ1v) is 9.56. The van der Waals surface area contributed by atoms with Crippen LogP contribution in [0.15, 0.2) is 18.2 Å². The molecule has 0 saturated carbocycles. The Morgan fingerprint density at radius 2 is 1.74 bits per heavy atom. The lowest BCUT2D eigenvalue weighted by molar-refractivity contribution is -0.120. The minimum atomic E-state index is -3.62. The lowest BCUT2D eigenvalue weighted by Gasteiger charge is -2.24. The summed E-state index contributed by atoms with van der Waals surface area (Å²) in [7, 11) is 0.183. The zero-order valence-electron chi connectivity index (χ0n) is 13.3. The van der Waals surface area contributed by atoms with Crippen molar-refractivity contribution >= 4 is 44.8 Å². The number of amides is 1. The molecule has 0 fully saturated rings. The van der Waals surface area contributed by atoms with Crippen LogP contribution in [0.4, 0.5) is 5.69 Å². The van der Waals surface area contributed by atoms with Gasteiger partial charge in [0.25, 0.3) is 0 Å². The Labute approximate surface area is 147 Å². The van der Waals surface area contributed by atoms with Gasteiger partial charge in [-0.15, -0.1) is 0 Å². The highest BCUT2D eigenvalue weighted by Crippen LogP contribution is 2.34. The highest BCUT2D eigenvalue weighted by molar-refractivity contribution is 7.92. The van der Waals surface area contributed by atoms with Gasteiger partial charge in [-0.3, -0.25) is 9.10 Å². The quantitative estimate of drug-likeness (QED) is 0.745. The van der Waals surface area contributed by atoms with Gasteiger partial charge in [-0.2, -0.15) is 0 Å². The van der Waals surface area contributed by atoms with E-state index in [-0.39, 0.29) is 34.6 Å². The van der Waals surface area contributed by atoms with Crippen LogP contribution in [0, 0.1) is 0 Å². The predicted octanol–water partition coefficient (Wildman–Crippen LogP) is 1.83. The van der Waals surface area contributed by atoms with Gasteiger partial charge in [0.1, 0.15) is 0 Å². The molecule has 9 heteroatoms. The van der Waals surface area contributed by atoms with E-state index in [2.05, 4.69) is 5.32 Å². The Bertz CT molecular complexity index is 630. The molecule has 1 N–H and O–H groups in total. The zero-order valence-corrected chi connectivity index (χ0v) is 15.7. The first-order chi connectivity index (χ1) is 10.6. The molecule has 0 bridgehead atoms. The van der Waals surface area contributed by atoms with Gasteiger partial charge in [-0.25, -0.2) is 8.42 Å². The lowest BCUT2D eigenvalue weighted by Crippen LogP contribution is -2.36. The van der Waals surface area contributed by atoms with Crippen molar-refractivity contribution in [1.29, 1.82) is 0 Å². The van der Waals surface area contributed by atoms with Crippen molar-refractivity contribution < 1.29 is 13.2 Å². The molecule has 0 saturated heterocycles. The van der Waals surface area contributed by atoms with Gasteiger partial charge in [0.2, 0.25) is 15.9 Å². The fourth-order valence-electron chi connectivity index (χ4n) is 1.88. The molecular formula is C14H21Cl2N3O3S. The van der Waals surface area contributed by atoms with Crippen LogP contribution in [0.25, 0.3) is 0 Å². The molecule has 0 atom stereocenters. The van der Waals surface area contributed by atoms with E-state index in [1.54, 1.807) is 18.2 Å². The van der Waals surface area contributed by atoms with E-state index in [1.807, 2.05) is 19.0 Å². The standard InChI is InChI=1S/C14H21Cl2N3O3S/c1-18(2)10-8-17-13(20)7-9-19(23(3,21)22)14-11(15)5-4-6-12(14)16/h4-6H,7-10H2,1-3H3,(H,17,20). The number of anilines is 1. The Balaban J connectivity index is 2.81. The first kappa shape index (κ1) is 20.0. The predicted molar refractivity (Wildman–Crippen MR) is 94.8 cm³/mol. The van der Waals surface area contributed by atoms with E-state index in [0.717, 1.165) is 10.6 Å². The molecule has 6 nitrogen and oxygen atoms in total. The number of carbonyl (C=O) groups is 1. The van der Waals surface area contributed by atoms with Gasteiger partial charge < -0.3 is 10.2 Å². The minimum absolute atomic E-state index is 0.0159. The molecule has 0 spiro atoms. The maximum atomic E-state index is 12.0. The number of para-hydroxylation sites is 1. The number of likely N-dealkylation sites (N-methyl/N-ethyl adjacent to an activating group) is 1. The van der Waals surface area contributed by atoms with Crippen molar-refractivity contribution in [3.8, 4) is 0 Å². The SMILES string of the molecule is CN(C)CCNC(=O)CCN(c1c(Cl)cccc1Cl)S(C)(=O)=O. The van der Waals surface area contributed by atoms with Crippen LogP contribution >= 0.6 is 23.2 Å². The monoisotopic (exact) mass is 381 g/mol. The summed E-state index contributed by atoms with van der Waals surface area (Å²) in [6.45, 7) is 1.17. The molecule has 23 heavy (non-hydrogen) atoms. The van der Waals surface area contributed by atoms with Crippen LogP contribution in [0.1, 0.15) is 6.42 Å². The molecule has 1 rings (SSSR count). The number of nitrogens with one attached hydrogen (secondary N) is 1. The topological polar surface area (TPSA) is 69.7 Å². The number of carbonyl (C=O) groups excluding carboxylic acids is 1. The molecular weight excluding hydrogens is 361 g/mol. The number of halogens is 2. The van der Waals surface area contributed by atoms with Crippen molar-refractivity contribution in [2.24, 2.45) is 0 Å². The highest BCUT2D eigenvalue weighted by Gasteiger charge is 2.23. The summed E-state index contributed by atoms with van der Waals surface area (Å²) in [6, 6.07) is 4.73. The van der Waals surface area contributed by atoms with Gasteiger partial charge in [-0.1, -0.05) is 29.3 Å². The number of nitrogens with zero attached hydrogens (tertiary/aromatic N) is 2. The third kappa shape index (κ3) is 6.55. The third-order valence-corrected chi connectivity index (χ3v) is 4.79. The average Bonchev–Trinajstić information content (AvgIpc) is 2.40. The second kappa shape index (κ2) is 8.73. The molecule has 0 heterocycles. The van der Waals surface area contributed by atoms with Crippen LogP contribution in [0.2, 0.25) is 10.0 Å². The van der Waals surface area contributed by atoms with Gasteiger partial charge in [0.05, 0.1) is 22.0 Å². The molecule has 0 aliphatic carbocycles. The number of hydrogen-bond donors (Lipinski definition) is 1. The van der Waals surface area contributed by atoms with Gasteiger partial charge in [-0.05, 0) is 26.2 Å². The van der Waals surface area contributed by atoms with Crippen molar-refractivity contribution in [3.63, 3.8) is 0 Å². The Hall–Kier alpha value is -1.02. The molecule has 0 aliphatic heterocycles. The fraction of sp³-hybridized carbons (Fsp3) is 0.500.